The van der Waals surface area contributed by atoms with Gasteiger partial charge >= 0.3 is 0 Å². The lowest BCUT2D eigenvalue weighted by Crippen LogP contribution is -2.53. The molecule has 2 atom stereocenters. The third-order valence-corrected chi connectivity index (χ3v) is 3.63. The van der Waals surface area contributed by atoms with Gasteiger partial charge in [0.05, 0.1) is 11.6 Å². The van der Waals surface area contributed by atoms with Crippen LogP contribution in [-0.4, -0.2) is 28.0 Å². The average Bonchev–Trinajstić information content (AvgIpc) is 3.00. The molecule has 5 heteroatoms. The number of aromatic nitrogens is 2. The first kappa shape index (κ1) is 13.1. The van der Waals surface area contributed by atoms with Crippen LogP contribution in [0.25, 0.3) is 0 Å². The van der Waals surface area contributed by atoms with Crippen LogP contribution in [-0.2, 0) is 4.79 Å². The van der Waals surface area contributed by atoms with Crippen LogP contribution < -0.4 is 10.6 Å². The smallest absolute Gasteiger partial charge is 0.240 e. The quantitative estimate of drug-likeness (QED) is 0.742. The lowest BCUT2D eigenvalue weighted by atomic mass is 9.90. The van der Waals surface area contributed by atoms with Gasteiger partial charge in [-0.15, -0.1) is 0 Å². The maximum Gasteiger partial charge on any atom is 0.240 e. The second kappa shape index (κ2) is 5.52. The third kappa shape index (κ3) is 2.56. The summed E-state index contributed by atoms with van der Waals surface area (Å²) in [6, 6.07) is -0.0800. The Morgan fingerprint density at radius 2 is 2.50 bits per heavy atom. The molecule has 2 unspecified atom stereocenters. The first-order valence-electron chi connectivity index (χ1n) is 6.73. The molecule has 0 aliphatic carbocycles. The van der Waals surface area contributed by atoms with Crippen LogP contribution in [0.15, 0.2) is 12.4 Å². The number of carbonyl (C=O) groups excluding carboxylic acids is 1. The van der Waals surface area contributed by atoms with Gasteiger partial charge < -0.3 is 15.6 Å². The van der Waals surface area contributed by atoms with Crippen molar-refractivity contribution in [3.05, 3.63) is 18.2 Å². The maximum atomic E-state index is 12.4. The number of nitrogens with one attached hydrogen (secondary N) is 3. The van der Waals surface area contributed by atoms with Crippen LogP contribution in [0.5, 0.6) is 0 Å². The summed E-state index contributed by atoms with van der Waals surface area (Å²) in [5.41, 5.74) is -0.365. The summed E-state index contributed by atoms with van der Waals surface area (Å²) >= 11 is 0. The van der Waals surface area contributed by atoms with E-state index < -0.39 is 0 Å². The Labute approximate surface area is 108 Å². The van der Waals surface area contributed by atoms with Crippen molar-refractivity contribution in [2.75, 3.05) is 6.54 Å². The summed E-state index contributed by atoms with van der Waals surface area (Å²) in [6.07, 6.45) is 7.38. The van der Waals surface area contributed by atoms with Crippen LogP contribution in [0.3, 0.4) is 0 Å². The normalized spacial score (nSPS) is 25.0. The van der Waals surface area contributed by atoms with Crippen molar-refractivity contribution < 1.29 is 4.79 Å². The molecule has 3 N–H and O–H groups in total. The molecule has 1 aliphatic rings. The van der Waals surface area contributed by atoms with Crippen molar-refractivity contribution in [3.63, 3.8) is 0 Å². The predicted molar refractivity (Wildman–Crippen MR) is 70.0 cm³/mol. The van der Waals surface area contributed by atoms with Gasteiger partial charge in [-0.1, -0.05) is 13.3 Å². The topological polar surface area (TPSA) is 69.8 Å². The van der Waals surface area contributed by atoms with Gasteiger partial charge in [-0.2, -0.15) is 0 Å². The largest absolute Gasteiger partial charge is 0.347 e. The van der Waals surface area contributed by atoms with Gasteiger partial charge in [0.2, 0.25) is 5.91 Å². The van der Waals surface area contributed by atoms with Gasteiger partial charge in [0.1, 0.15) is 5.82 Å². The fourth-order valence-electron chi connectivity index (χ4n) is 2.67. The molecular weight excluding hydrogens is 228 g/mol. The molecule has 1 fully saturated rings. The van der Waals surface area contributed by atoms with Crippen molar-refractivity contribution in [2.45, 2.75) is 51.1 Å². The number of carbonyl (C=O) groups is 1. The predicted octanol–water partition coefficient (Wildman–Crippen LogP) is 1.51. The molecule has 0 bridgehead atoms. The van der Waals surface area contributed by atoms with E-state index >= 15 is 0 Å². The Bertz CT molecular complexity index is 382. The first-order chi connectivity index (χ1) is 8.68. The van der Waals surface area contributed by atoms with Gasteiger partial charge in [0.25, 0.3) is 0 Å². The second-order valence-electron chi connectivity index (χ2n) is 5.03. The van der Waals surface area contributed by atoms with E-state index in [-0.39, 0.29) is 17.5 Å². The Hall–Kier alpha value is -1.36. The summed E-state index contributed by atoms with van der Waals surface area (Å²) in [6.45, 7) is 5.00. The third-order valence-electron chi connectivity index (χ3n) is 3.63. The molecule has 2 rings (SSSR count). The fraction of sp³-hybridized carbons (Fsp3) is 0.692. The van der Waals surface area contributed by atoms with E-state index in [1.54, 1.807) is 12.4 Å². The number of nitrogens with zero attached hydrogens (tertiary/aromatic N) is 1. The summed E-state index contributed by atoms with van der Waals surface area (Å²) in [7, 11) is 0. The number of aromatic amines is 1. The van der Waals surface area contributed by atoms with Crippen LogP contribution in [0, 0.1) is 0 Å². The minimum Gasteiger partial charge on any atom is -0.347 e. The number of amides is 1. The van der Waals surface area contributed by atoms with Crippen LogP contribution >= 0.6 is 0 Å². The van der Waals surface area contributed by atoms with Crippen LogP contribution in [0.4, 0.5) is 0 Å². The highest BCUT2D eigenvalue weighted by Gasteiger charge is 2.40. The molecule has 0 saturated carbocycles. The van der Waals surface area contributed by atoms with Gasteiger partial charge in [0.15, 0.2) is 0 Å². The number of hydrogen-bond donors (Lipinski definition) is 3. The number of rotatable bonds is 5. The van der Waals surface area contributed by atoms with Gasteiger partial charge in [-0.25, -0.2) is 4.98 Å². The molecular formula is C13H22N4O. The minimum atomic E-state index is -0.365. The molecule has 5 nitrogen and oxygen atoms in total. The standard InChI is InChI=1S/C13H22N4O/c1-3-5-13(6-4-7-16-13)12(18)17-10(2)11-14-8-9-15-11/h8-10,16H,3-7H2,1-2H3,(H,14,15)(H,17,18). The molecule has 18 heavy (non-hydrogen) atoms. The van der Waals surface area contributed by atoms with E-state index in [4.69, 9.17) is 0 Å². The van der Waals surface area contributed by atoms with Gasteiger partial charge in [0, 0.05) is 12.4 Å². The maximum absolute atomic E-state index is 12.4. The van der Waals surface area contributed by atoms with Crippen LogP contribution in [0.2, 0.25) is 0 Å². The second-order valence-corrected chi connectivity index (χ2v) is 5.03. The van der Waals surface area contributed by atoms with Crippen molar-refractivity contribution in [3.8, 4) is 0 Å². The zero-order valence-electron chi connectivity index (χ0n) is 11.1. The molecule has 100 valence electrons. The number of H-pyrrole nitrogens is 1. The van der Waals surface area contributed by atoms with E-state index in [2.05, 4.69) is 27.5 Å². The number of imidazole rings is 1. The number of hydrogen-bond acceptors (Lipinski definition) is 3. The molecule has 1 amide bonds. The Balaban J connectivity index is 2.01. The van der Waals surface area contributed by atoms with E-state index in [0.29, 0.717) is 0 Å². The SMILES string of the molecule is CCCC1(C(=O)NC(C)c2ncc[nH]2)CCCN1. The van der Waals surface area contributed by atoms with Crippen molar-refractivity contribution in [1.29, 1.82) is 0 Å². The van der Waals surface area contributed by atoms with Crippen molar-refractivity contribution >= 4 is 5.91 Å². The van der Waals surface area contributed by atoms with E-state index in [1.807, 2.05) is 6.92 Å². The Morgan fingerprint density at radius 3 is 3.06 bits per heavy atom. The first-order valence-corrected chi connectivity index (χ1v) is 6.73. The van der Waals surface area contributed by atoms with E-state index in [0.717, 1.165) is 38.1 Å². The monoisotopic (exact) mass is 250 g/mol. The van der Waals surface area contributed by atoms with E-state index in [1.165, 1.54) is 0 Å². The lowest BCUT2D eigenvalue weighted by molar-refractivity contribution is -0.128. The molecule has 1 aromatic rings. The Morgan fingerprint density at radius 1 is 1.67 bits per heavy atom. The minimum absolute atomic E-state index is 0.0800. The lowest BCUT2D eigenvalue weighted by Gasteiger charge is -2.29. The molecule has 1 saturated heterocycles. The molecule has 0 radical (unpaired) electrons. The van der Waals surface area contributed by atoms with Gasteiger partial charge in [-0.05, 0) is 32.7 Å². The Kier molecular flexibility index (Phi) is 4.01. The molecule has 0 aromatic carbocycles. The van der Waals surface area contributed by atoms with E-state index in [9.17, 15) is 4.79 Å². The zero-order valence-corrected chi connectivity index (χ0v) is 11.1. The van der Waals surface area contributed by atoms with Crippen molar-refractivity contribution in [2.24, 2.45) is 0 Å². The highest BCUT2D eigenvalue weighted by molar-refractivity contribution is 5.86. The molecule has 0 spiro atoms. The highest BCUT2D eigenvalue weighted by Crippen LogP contribution is 2.25. The van der Waals surface area contributed by atoms with Gasteiger partial charge in [-0.3, -0.25) is 4.79 Å². The zero-order chi connectivity index (χ0) is 13.0. The van der Waals surface area contributed by atoms with Crippen LogP contribution in [0.1, 0.15) is 51.4 Å². The highest BCUT2D eigenvalue weighted by atomic mass is 16.2. The average molecular weight is 250 g/mol. The molecule has 1 aliphatic heterocycles. The molecule has 1 aromatic heterocycles. The summed E-state index contributed by atoms with van der Waals surface area (Å²) in [5.74, 6) is 0.902. The van der Waals surface area contributed by atoms with Crippen molar-refractivity contribution in [1.82, 2.24) is 20.6 Å². The fourth-order valence-corrected chi connectivity index (χ4v) is 2.67. The summed E-state index contributed by atoms with van der Waals surface area (Å²) < 4.78 is 0. The summed E-state index contributed by atoms with van der Waals surface area (Å²) in [5, 5.41) is 6.43. The summed E-state index contributed by atoms with van der Waals surface area (Å²) in [4.78, 5) is 19.7. The molecule has 2 heterocycles.